The Labute approximate surface area is 155 Å². The van der Waals surface area contributed by atoms with Crippen molar-refractivity contribution in [3.8, 4) is 5.75 Å². The van der Waals surface area contributed by atoms with Gasteiger partial charge in [0.2, 0.25) is 0 Å². The molecule has 0 aromatic heterocycles. The Morgan fingerprint density at radius 3 is 2.69 bits per heavy atom. The molecule has 0 bridgehead atoms. The number of benzene rings is 1. The minimum Gasteiger partial charge on any atom is -0.464 e. The number of piperazine rings is 1. The highest BCUT2D eigenvalue weighted by Gasteiger charge is 2.29. The third-order valence-electron chi connectivity index (χ3n) is 4.19. The van der Waals surface area contributed by atoms with Gasteiger partial charge < -0.3 is 10.1 Å². The van der Waals surface area contributed by atoms with Crippen LogP contribution in [0.5, 0.6) is 5.75 Å². The Kier molecular flexibility index (Phi) is 7.54. The van der Waals surface area contributed by atoms with Gasteiger partial charge in [0, 0.05) is 39.6 Å². The zero-order chi connectivity index (χ0) is 19.0. The SMILES string of the molecule is C\C=C/C(C)=C\C=C\Oc1ccc(CN2CCNCC2)cc1C(C)(F)F. The normalized spacial score (nSPS) is 17.3. The van der Waals surface area contributed by atoms with E-state index in [-0.39, 0.29) is 11.3 Å². The third kappa shape index (κ3) is 6.39. The van der Waals surface area contributed by atoms with Crippen LogP contribution in [0.3, 0.4) is 0 Å². The van der Waals surface area contributed by atoms with E-state index in [9.17, 15) is 8.78 Å². The first-order chi connectivity index (χ1) is 12.4. The molecule has 0 saturated carbocycles. The predicted molar refractivity (Wildman–Crippen MR) is 102 cm³/mol. The number of allylic oxidation sites excluding steroid dienone is 5. The topological polar surface area (TPSA) is 24.5 Å². The van der Waals surface area contributed by atoms with Crippen molar-refractivity contribution < 1.29 is 13.5 Å². The van der Waals surface area contributed by atoms with E-state index >= 15 is 0 Å². The lowest BCUT2D eigenvalue weighted by molar-refractivity contribution is 0.0153. The molecular formula is C21H28F2N2O. The lowest BCUT2D eigenvalue weighted by Gasteiger charge is -2.27. The molecule has 1 saturated heterocycles. The van der Waals surface area contributed by atoms with Crippen molar-refractivity contribution in [2.75, 3.05) is 26.2 Å². The van der Waals surface area contributed by atoms with Crippen LogP contribution in [0.1, 0.15) is 31.9 Å². The number of ether oxygens (including phenoxy) is 1. The van der Waals surface area contributed by atoms with Crippen LogP contribution in [-0.2, 0) is 12.5 Å². The monoisotopic (exact) mass is 362 g/mol. The molecule has 1 heterocycles. The van der Waals surface area contributed by atoms with Gasteiger partial charge in [0.15, 0.2) is 0 Å². The molecule has 0 spiro atoms. The summed E-state index contributed by atoms with van der Waals surface area (Å²) in [6, 6.07) is 5.06. The van der Waals surface area contributed by atoms with Crippen molar-refractivity contribution in [3.63, 3.8) is 0 Å². The van der Waals surface area contributed by atoms with Gasteiger partial charge in [0.05, 0.1) is 11.8 Å². The highest BCUT2D eigenvalue weighted by atomic mass is 19.3. The fourth-order valence-electron chi connectivity index (χ4n) is 2.87. The summed E-state index contributed by atoms with van der Waals surface area (Å²) in [5.41, 5.74) is 1.85. The molecule has 0 radical (unpaired) electrons. The molecular weight excluding hydrogens is 334 g/mol. The number of halogens is 2. The van der Waals surface area contributed by atoms with Crippen LogP contribution < -0.4 is 10.1 Å². The summed E-state index contributed by atoms with van der Waals surface area (Å²) < 4.78 is 33.6. The largest absolute Gasteiger partial charge is 0.464 e. The molecule has 26 heavy (non-hydrogen) atoms. The second-order valence-corrected chi connectivity index (χ2v) is 6.60. The standard InChI is InChI=1S/C21H28F2N2O/c1-4-6-17(2)7-5-14-26-20-9-8-18(15-19(20)21(3,22)23)16-25-12-10-24-11-13-25/h4-9,14-15,24H,10-13,16H2,1-3H3/b6-4-,14-5+,17-7-. The molecule has 1 aromatic carbocycles. The quantitative estimate of drug-likeness (QED) is 0.566. The maximum Gasteiger partial charge on any atom is 0.274 e. The lowest BCUT2D eigenvalue weighted by Crippen LogP contribution is -2.42. The van der Waals surface area contributed by atoms with Crippen LogP contribution in [0.15, 0.2) is 54.3 Å². The molecule has 0 amide bonds. The lowest BCUT2D eigenvalue weighted by atomic mass is 10.0. The summed E-state index contributed by atoms with van der Waals surface area (Å²) in [6.45, 7) is 9.20. The Morgan fingerprint density at radius 1 is 1.31 bits per heavy atom. The second kappa shape index (κ2) is 9.64. The van der Waals surface area contributed by atoms with Crippen LogP contribution in [0.2, 0.25) is 0 Å². The van der Waals surface area contributed by atoms with E-state index in [4.69, 9.17) is 4.74 Å². The van der Waals surface area contributed by atoms with E-state index in [1.807, 2.05) is 38.1 Å². The molecule has 0 unspecified atom stereocenters. The first-order valence-corrected chi connectivity index (χ1v) is 8.97. The van der Waals surface area contributed by atoms with Crippen molar-refractivity contribution in [1.82, 2.24) is 10.2 Å². The molecule has 1 aromatic rings. The molecule has 1 fully saturated rings. The molecule has 3 nitrogen and oxygen atoms in total. The first kappa shape index (κ1) is 20.3. The van der Waals surface area contributed by atoms with E-state index < -0.39 is 5.92 Å². The minimum atomic E-state index is -2.96. The zero-order valence-electron chi connectivity index (χ0n) is 15.8. The van der Waals surface area contributed by atoms with Crippen LogP contribution in [0.4, 0.5) is 8.78 Å². The van der Waals surface area contributed by atoms with Crippen molar-refractivity contribution >= 4 is 0 Å². The zero-order valence-corrected chi connectivity index (χ0v) is 15.8. The summed E-state index contributed by atoms with van der Waals surface area (Å²) in [4.78, 5) is 2.26. The minimum absolute atomic E-state index is 0.0797. The van der Waals surface area contributed by atoms with E-state index in [2.05, 4.69) is 10.2 Å². The van der Waals surface area contributed by atoms with Crippen LogP contribution in [-0.4, -0.2) is 31.1 Å². The Bertz CT molecular complexity index is 669. The van der Waals surface area contributed by atoms with Crippen molar-refractivity contribution in [3.05, 3.63) is 65.5 Å². The van der Waals surface area contributed by atoms with Gasteiger partial charge in [-0.05, 0) is 37.6 Å². The Morgan fingerprint density at radius 2 is 2.04 bits per heavy atom. The van der Waals surface area contributed by atoms with Crippen molar-refractivity contribution in [2.24, 2.45) is 0 Å². The van der Waals surface area contributed by atoms with E-state index in [0.717, 1.165) is 44.2 Å². The van der Waals surface area contributed by atoms with Crippen LogP contribution in [0, 0.1) is 0 Å². The summed E-state index contributed by atoms with van der Waals surface area (Å²) in [6.07, 6.45) is 8.91. The molecule has 0 aliphatic carbocycles. The van der Waals surface area contributed by atoms with Gasteiger partial charge in [-0.15, -0.1) is 0 Å². The molecule has 1 aliphatic heterocycles. The van der Waals surface area contributed by atoms with Crippen molar-refractivity contribution in [2.45, 2.75) is 33.2 Å². The summed E-state index contributed by atoms with van der Waals surface area (Å²) >= 11 is 0. The third-order valence-corrected chi connectivity index (χ3v) is 4.19. The molecule has 1 aliphatic rings. The predicted octanol–water partition coefficient (Wildman–Crippen LogP) is 4.62. The molecule has 2 rings (SSSR count). The Balaban J connectivity index is 2.12. The molecule has 1 N–H and O–H groups in total. The summed E-state index contributed by atoms with van der Waals surface area (Å²) in [5.74, 6) is -2.77. The van der Waals surface area contributed by atoms with Gasteiger partial charge in [0.1, 0.15) is 5.75 Å². The van der Waals surface area contributed by atoms with Gasteiger partial charge in [-0.1, -0.05) is 29.9 Å². The van der Waals surface area contributed by atoms with E-state index in [1.165, 1.54) is 6.26 Å². The number of hydrogen-bond donors (Lipinski definition) is 1. The number of nitrogens with one attached hydrogen (secondary N) is 1. The summed E-state index contributed by atoms with van der Waals surface area (Å²) in [7, 11) is 0. The average Bonchev–Trinajstić information content (AvgIpc) is 2.60. The summed E-state index contributed by atoms with van der Waals surface area (Å²) in [5, 5.41) is 3.29. The highest BCUT2D eigenvalue weighted by Crippen LogP contribution is 2.35. The van der Waals surface area contributed by atoms with Crippen molar-refractivity contribution in [1.29, 1.82) is 0 Å². The number of rotatable bonds is 7. The van der Waals surface area contributed by atoms with Gasteiger partial charge in [0.25, 0.3) is 5.92 Å². The average molecular weight is 362 g/mol. The van der Waals surface area contributed by atoms with E-state index in [1.54, 1.807) is 18.2 Å². The maximum atomic E-state index is 14.1. The van der Waals surface area contributed by atoms with Gasteiger partial charge in [-0.2, -0.15) is 0 Å². The molecule has 142 valence electrons. The van der Waals surface area contributed by atoms with E-state index in [0.29, 0.717) is 6.54 Å². The smallest absolute Gasteiger partial charge is 0.274 e. The maximum absolute atomic E-state index is 14.1. The van der Waals surface area contributed by atoms with Gasteiger partial charge in [-0.25, -0.2) is 8.78 Å². The second-order valence-electron chi connectivity index (χ2n) is 6.60. The number of hydrogen-bond acceptors (Lipinski definition) is 3. The highest BCUT2D eigenvalue weighted by molar-refractivity contribution is 5.40. The van der Waals surface area contributed by atoms with Crippen LogP contribution in [0.25, 0.3) is 0 Å². The molecule has 0 atom stereocenters. The molecule has 5 heteroatoms. The fraction of sp³-hybridized carbons (Fsp3) is 0.429. The van der Waals surface area contributed by atoms with Gasteiger partial charge in [-0.3, -0.25) is 4.90 Å². The Hall–Kier alpha value is -1.98. The van der Waals surface area contributed by atoms with Crippen LogP contribution >= 0.6 is 0 Å². The van der Waals surface area contributed by atoms with Gasteiger partial charge >= 0.3 is 0 Å². The fourth-order valence-corrected chi connectivity index (χ4v) is 2.87. The number of nitrogens with zero attached hydrogens (tertiary/aromatic N) is 1. The number of alkyl halides is 2. The first-order valence-electron chi connectivity index (χ1n) is 8.97.